The molecule has 3 aromatic heterocycles. The van der Waals surface area contributed by atoms with Crippen molar-refractivity contribution in [2.45, 2.75) is 64.1 Å². The third-order valence-corrected chi connectivity index (χ3v) is 6.69. The minimum absolute atomic E-state index is 0.133. The summed E-state index contributed by atoms with van der Waals surface area (Å²) in [6.07, 6.45) is 6.61. The predicted octanol–water partition coefficient (Wildman–Crippen LogP) is 3.51. The van der Waals surface area contributed by atoms with Crippen molar-refractivity contribution in [1.29, 1.82) is 5.26 Å². The molecule has 170 valence electrons. The maximum Gasteiger partial charge on any atom is 0.255 e. The molecule has 2 aliphatic rings. The molecule has 2 fully saturated rings. The number of aromatic nitrogens is 3. The van der Waals surface area contributed by atoms with Crippen LogP contribution in [0.5, 0.6) is 0 Å². The van der Waals surface area contributed by atoms with E-state index in [1.54, 1.807) is 16.8 Å². The van der Waals surface area contributed by atoms with Crippen LogP contribution in [0.1, 0.15) is 62.4 Å². The van der Waals surface area contributed by atoms with Crippen LogP contribution in [0.3, 0.4) is 0 Å². The molecule has 0 saturated heterocycles. The summed E-state index contributed by atoms with van der Waals surface area (Å²) in [5, 5.41) is 30.0. The second-order valence-electron chi connectivity index (χ2n) is 10.3. The summed E-state index contributed by atoms with van der Waals surface area (Å²) < 4.78 is 1.74. The lowest BCUT2D eigenvalue weighted by molar-refractivity contribution is -0.159. The highest BCUT2D eigenvalue weighted by molar-refractivity contribution is 6.00. The normalized spacial score (nSPS) is 26.0. The minimum atomic E-state index is -0.545. The minimum Gasteiger partial charge on any atom is -0.390 e. The van der Waals surface area contributed by atoms with E-state index >= 15 is 0 Å². The van der Waals surface area contributed by atoms with E-state index in [0.717, 1.165) is 42.6 Å². The van der Waals surface area contributed by atoms with Crippen LogP contribution >= 0.6 is 0 Å². The second-order valence-corrected chi connectivity index (χ2v) is 10.3. The standard InChI is InChI=1S/C25H28N6O2/c1-15(2)29-20-7-21(22-5-4-18-6-16(10-26)11-28-31(18)22)27-12-19(20)23(32)30-17-8-25(9-17)13-24(3,33)14-25/h4-7,11-12,15,17,33H,8-9,13-14H2,1-3H3,(H,27,29)(H,30,32). The number of amides is 1. The average Bonchev–Trinajstić information content (AvgIpc) is 3.13. The van der Waals surface area contributed by atoms with E-state index in [9.17, 15) is 9.90 Å². The summed E-state index contributed by atoms with van der Waals surface area (Å²) in [6.45, 7) is 5.93. The van der Waals surface area contributed by atoms with E-state index in [1.807, 2.05) is 39.0 Å². The van der Waals surface area contributed by atoms with E-state index in [0.29, 0.717) is 16.8 Å². The van der Waals surface area contributed by atoms with Gasteiger partial charge in [0, 0.05) is 18.3 Å². The fourth-order valence-corrected chi connectivity index (χ4v) is 5.66. The highest BCUT2D eigenvalue weighted by atomic mass is 16.3. The van der Waals surface area contributed by atoms with E-state index in [1.165, 1.54) is 6.20 Å². The lowest BCUT2D eigenvalue weighted by atomic mass is 9.48. The topological polar surface area (TPSA) is 115 Å². The number of aliphatic hydroxyl groups is 1. The molecule has 0 aromatic carbocycles. The van der Waals surface area contributed by atoms with Crippen molar-refractivity contribution in [1.82, 2.24) is 19.9 Å². The summed E-state index contributed by atoms with van der Waals surface area (Å²) in [4.78, 5) is 17.7. The molecule has 1 amide bonds. The highest BCUT2D eigenvalue weighted by Crippen LogP contribution is 2.60. The van der Waals surface area contributed by atoms with Gasteiger partial charge in [-0.05, 0) is 76.1 Å². The molecule has 0 atom stereocenters. The zero-order valence-corrected chi connectivity index (χ0v) is 19.1. The molecule has 3 N–H and O–H groups in total. The van der Waals surface area contributed by atoms with Gasteiger partial charge in [0.25, 0.3) is 5.91 Å². The summed E-state index contributed by atoms with van der Waals surface area (Å²) in [7, 11) is 0. The fourth-order valence-electron chi connectivity index (χ4n) is 5.66. The van der Waals surface area contributed by atoms with Gasteiger partial charge in [0.2, 0.25) is 0 Å². The second kappa shape index (κ2) is 7.56. The van der Waals surface area contributed by atoms with Gasteiger partial charge >= 0.3 is 0 Å². The first-order valence-corrected chi connectivity index (χ1v) is 11.4. The van der Waals surface area contributed by atoms with Gasteiger partial charge in [0.05, 0.1) is 45.5 Å². The van der Waals surface area contributed by atoms with Gasteiger partial charge in [-0.2, -0.15) is 10.4 Å². The zero-order valence-electron chi connectivity index (χ0n) is 19.1. The zero-order chi connectivity index (χ0) is 23.4. The van der Waals surface area contributed by atoms with Crippen LogP contribution in [-0.2, 0) is 0 Å². The van der Waals surface area contributed by atoms with Crippen molar-refractivity contribution in [2.24, 2.45) is 5.41 Å². The van der Waals surface area contributed by atoms with Gasteiger partial charge in [0.1, 0.15) is 6.07 Å². The van der Waals surface area contributed by atoms with Crippen LogP contribution < -0.4 is 10.6 Å². The van der Waals surface area contributed by atoms with Gasteiger partial charge in [0.15, 0.2) is 0 Å². The predicted molar refractivity (Wildman–Crippen MR) is 125 cm³/mol. The van der Waals surface area contributed by atoms with Gasteiger partial charge < -0.3 is 15.7 Å². The molecule has 5 rings (SSSR count). The number of nitrogens with one attached hydrogen (secondary N) is 2. The van der Waals surface area contributed by atoms with E-state index in [2.05, 4.69) is 26.8 Å². The number of hydrogen-bond donors (Lipinski definition) is 3. The molecule has 8 heteroatoms. The summed E-state index contributed by atoms with van der Waals surface area (Å²) in [5.74, 6) is -0.139. The Morgan fingerprint density at radius 2 is 2.03 bits per heavy atom. The largest absolute Gasteiger partial charge is 0.390 e. The molecule has 8 nitrogen and oxygen atoms in total. The molecule has 2 aliphatic carbocycles. The number of rotatable bonds is 5. The Morgan fingerprint density at radius 1 is 1.27 bits per heavy atom. The highest BCUT2D eigenvalue weighted by Gasteiger charge is 2.57. The number of pyridine rings is 1. The van der Waals surface area contributed by atoms with Crippen LogP contribution in [0, 0.1) is 16.7 Å². The Labute approximate surface area is 192 Å². The Kier molecular flexibility index (Phi) is 4.91. The van der Waals surface area contributed by atoms with Crippen molar-refractivity contribution < 1.29 is 9.90 Å². The number of hydrogen-bond acceptors (Lipinski definition) is 6. The van der Waals surface area contributed by atoms with Crippen molar-refractivity contribution in [3.8, 4) is 17.5 Å². The van der Waals surface area contributed by atoms with Crippen LogP contribution in [0.15, 0.2) is 36.7 Å². The van der Waals surface area contributed by atoms with Crippen molar-refractivity contribution in [2.75, 3.05) is 5.32 Å². The Bertz CT molecular complexity index is 1270. The van der Waals surface area contributed by atoms with Crippen LogP contribution in [-0.4, -0.2) is 43.3 Å². The number of nitrogens with zero attached hydrogens (tertiary/aromatic N) is 4. The summed E-state index contributed by atoms with van der Waals surface area (Å²) >= 11 is 0. The molecular formula is C25H28N6O2. The van der Waals surface area contributed by atoms with Gasteiger partial charge in [-0.1, -0.05) is 0 Å². The lowest BCUT2D eigenvalue weighted by Gasteiger charge is -2.60. The maximum atomic E-state index is 13.1. The third-order valence-electron chi connectivity index (χ3n) is 6.69. The molecule has 3 heterocycles. The van der Waals surface area contributed by atoms with E-state index in [4.69, 9.17) is 5.26 Å². The first kappa shape index (κ1) is 21.4. The first-order valence-electron chi connectivity index (χ1n) is 11.4. The van der Waals surface area contributed by atoms with Crippen molar-refractivity contribution in [3.05, 3.63) is 47.8 Å². The molecule has 0 unspecified atom stereocenters. The molecule has 0 radical (unpaired) electrons. The number of nitriles is 1. The first-order chi connectivity index (χ1) is 15.7. The summed E-state index contributed by atoms with van der Waals surface area (Å²) in [5.41, 5.74) is 3.66. The van der Waals surface area contributed by atoms with Crippen molar-refractivity contribution in [3.63, 3.8) is 0 Å². The summed E-state index contributed by atoms with van der Waals surface area (Å²) in [6, 6.07) is 9.83. The molecule has 0 bridgehead atoms. The Hall–Kier alpha value is -3.44. The number of carbonyl (C=O) groups excluding carboxylic acids is 1. The SMILES string of the molecule is CC(C)Nc1cc(-c2ccc3cc(C#N)cnn23)ncc1C(=O)NC1CC2(C1)CC(C)(O)C2. The fraction of sp³-hybridized carbons (Fsp3) is 0.440. The monoisotopic (exact) mass is 444 g/mol. The quantitative estimate of drug-likeness (QED) is 0.555. The number of anilines is 1. The molecule has 1 spiro atoms. The smallest absolute Gasteiger partial charge is 0.255 e. The van der Waals surface area contributed by atoms with Crippen molar-refractivity contribution >= 4 is 17.1 Å². The lowest BCUT2D eigenvalue weighted by Crippen LogP contribution is -2.61. The van der Waals surface area contributed by atoms with Gasteiger partial charge in [-0.3, -0.25) is 9.78 Å². The maximum absolute atomic E-state index is 13.1. The molecule has 2 saturated carbocycles. The molecular weight excluding hydrogens is 416 g/mol. The van der Waals surface area contributed by atoms with Crippen LogP contribution in [0.4, 0.5) is 5.69 Å². The molecule has 3 aromatic rings. The van der Waals surface area contributed by atoms with Gasteiger partial charge in [-0.25, -0.2) is 4.52 Å². The van der Waals surface area contributed by atoms with Gasteiger partial charge in [-0.15, -0.1) is 0 Å². The molecule has 0 aliphatic heterocycles. The number of fused-ring (bicyclic) bond motifs is 1. The van der Waals surface area contributed by atoms with E-state index < -0.39 is 5.60 Å². The third kappa shape index (κ3) is 3.93. The van der Waals surface area contributed by atoms with Crippen LogP contribution in [0.25, 0.3) is 16.9 Å². The van der Waals surface area contributed by atoms with Crippen LogP contribution in [0.2, 0.25) is 0 Å². The Morgan fingerprint density at radius 3 is 2.70 bits per heavy atom. The Balaban J connectivity index is 1.38. The molecule has 33 heavy (non-hydrogen) atoms. The number of carbonyl (C=O) groups is 1. The average molecular weight is 445 g/mol. The van der Waals surface area contributed by atoms with E-state index in [-0.39, 0.29) is 23.4 Å².